The van der Waals surface area contributed by atoms with Crippen LogP contribution in [0.3, 0.4) is 0 Å². The largest absolute Gasteiger partial charge is 0.484 e. The van der Waals surface area contributed by atoms with Gasteiger partial charge in [-0.25, -0.2) is 5.48 Å². The van der Waals surface area contributed by atoms with E-state index in [2.05, 4.69) is 5.48 Å². The van der Waals surface area contributed by atoms with Crippen LogP contribution in [-0.2, 0) is 16.2 Å². The molecule has 1 amide bonds. The van der Waals surface area contributed by atoms with E-state index in [0.29, 0.717) is 12.4 Å². The molecule has 0 saturated heterocycles. The summed E-state index contributed by atoms with van der Waals surface area (Å²) in [5.41, 5.74) is 5.68. The van der Waals surface area contributed by atoms with Crippen molar-refractivity contribution in [2.24, 2.45) is 0 Å². The molecule has 2 aromatic rings. The highest BCUT2D eigenvalue weighted by Crippen LogP contribution is 2.16. The standard InChI is InChI=1S/C17H19NO3/c1-13-8-9-16(10-14(13)2)20-12-17(19)18-21-11-15-6-4-3-5-7-15/h3-10H,11-12H2,1-2H3,(H,18,19). The van der Waals surface area contributed by atoms with Crippen molar-refractivity contribution in [2.45, 2.75) is 20.5 Å². The van der Waals surface area contributed by atoms with Gasteiger partial charge in [-0.1, -0.05) is 36.4 Å². The molecule has 21 heavy (non-hydrogen) atoms. The Balaban J connectivity index is 1.71. The molecule has 0 fully saturated rings. The first-order valence-corrected chi connectivity index (χ1v) is 6.80. The van der Waals surface area contributed by atoms with Crippen LogP contribution in [0.15, 0.2) is 48.5 Å². The zero-order chi connectivity index (χ0) is 15.1. The minimum absolute atomic E-state index is 0.0721. The second-order valence-corrected chi connectivity index (χ2v) is 4.83. The highest BCUT2D eigenvalue weighted by atomic mass is 16.7. The van der Waals surface area contributed by atoms with E-state index in [1.54, 1.807) is 0 Å². The molecule has 0 heterocycles. The van der Waals surface area contributed by atoms with Crippen molar-refractivity contribution in [3.8, 4) is 5.75 Å². The van der Waals surface area contributed by atoms with Gasteiger partial charge in [0.1, 0.15) is 5.75 Å². The van der Waals surface area contributed by atoms with Gasteiger partial charge >= 0.3 is 0 Å². The van der Waals surface area contributed by atoms with Gasteiger partial charge in [0.25, 0.3) is 5.91 Å². The molecule has 2 aromatic carbocycles. The SMILES string of the molecule is Cc1ccc(OCC(=O)NOCc2ccccc2)cc1C. The molecular weight excluding hydrogens is 266 g/mol. The molecule has 0 aliphatic carbocycles. The van der Waals surface area contributed by atoms with Gasteiger partial charge in [0.15, 0.2) is 6.61 Å². The van der Waals surface area contributed by atoms with Crippen molar-refractivity contribution in [3.63, 3.8) is 0 Å². The Kier molecular flexibility index (Phi) is 5.35. The Bertz CT molecular complexity index is 596. The van der Waals surface area contributed by atoms with E-state index in [9.17, 15) is 4.79 Å². The fourth-order valence-electron chi connectivity index (χ4n) is 1.76. The van der Waals surface area contributed by atoms with Crippen LogP contribution < -0.4 is 10.2 Å². The van der Waals surface area contributed by atoms with Crippen molar-refractivity contribution in [2.75, 3.05) is 6.61 Å². The molecule has 0 atom stereocenters. The van der Waals surface area contributed by atoms with Gasteiger partial charge in [-0.3, -0.25) is 9.63 Å². The number of aryl methyl sites for hydroxylation is 2. The predicted molar refractivity (Wildman–Crippen MR) is 80.8 cm³/mol. The first-order chi connectivity index (χ1) is 10.1. The molecule has 0 radical (unpaired) electrons. The number of amides is 1. The highest BCUT2D eigenvalue weighted by molar-refractivity contribution is 5.76. The fourth-order valence-corrected chi connectivity index (χ4v) is 1.76. The Labute approximate surface area is 124 Å². The average Bonchev–Trinajstić information content (AvgIpc) is 2.49. The van der Waals surface area contributed by atoms with Crippen LogP contribution in [0.4, 0.5) is 0 Å². The van der Waals surface area contributed by atoms with Crippen molar-refractivity contribution in [1.82, 2.24) is 5.48 Å². The minimum Gasteiger partial charge on any atom is -0.484 e. The van der Waals surface area contributed by atoms with E-state index < -0.39 is 0 Å². The van der Waals surface area contributed by atoms with E-state index in [4.69, 9.17) is 9.57 Å². The summed E-state index contributed by atoms with van der Waals surface area (Å²) in [6, 6.07) is 15.4. The maximum Gasteiger partial charge on any atom is 0.281 e. The quantitative estimate of drug-likeness (QED) is 0.830. The molecule has 0 spiro atoms. The number of nitrogens with one attached hydrogen (secondary N) is 1. The lowest BCUT2D eigenvalue weighted by Crippen LogP contribution is -2.28. The zero-order valence-electron chi connectivity index (χ0n) is 12.3. The maximum atomic E-state index is 11.6. The van der Waals surface area contributed by atoms with E-state index in [1.165, 1.54) is 5.56 Å². The molecule has 0 bridgehead atoms. The predicted octanol–water partition coefficient (Wildman–Crippen LogP) is 2.93. The molecule has 0 aliphatic rings. The monoisotopic (exact) mass is 285 g/mol. The van der Waals surface area contributed by atoms with Crippen LogP contribution >= 0.6 is 0 Å². The van der Waals surface area contributed by atoms with Crippen LogP contribution in [0.25, 0.3) is 0 Å². The summed E-state index contributed by atoms with van der Waals surface area (Å²) in [6.45, 7) is 4.29. The number of hydrogen-bond donors (Lipinski definition) is 1. The van der Waals surface area contributed by atoms with Crippen molar-refractivity contribution in [3.05, 3.63) is 65.2 Å². The molecule has 0 unspecified atom stereocenters. The first-order valence-electron chi connectivity index (χ1n) is 6.80. The molecule has 0 aliphatic heterocycles. The Morgan fingerprint density at radius 3 is 2.52 bits per heavy atom. The van der Waals surface area contributed by atoms with Gasteiger partial charge in [-0.2, -0.15) is 0 Å². The summed E-state index contributed by atoms with van der Waals surface area (Å²) in [6.07, 6.45) is 0. The fraction of sp³-hybridized carbons (Fsp3) is 0.235. The molecule has 2 rings (SSSR count). The third kappa shape index (κ3) is 4.93. The molecule has 1 N–H and O–H groups in total. The molecular formula is C17H19NO3. The van der Waals surface area contributed by atoms with Gasteiger partial charge in [-0.05, 0) is 42.7 Å². The first kappa shape index (κ1) is 15.1. The highest BCUT2D eigenvalue weighted by Gasteiger charge is 2.04. The topological polar surface area (TPSA) is 47.6 Å². The molecule has 110 valence electrons. The molecule has 0 saturated carbocycles. The van der Waals surface area contributed by atoms with Crippen molar-refractivity contribution in [1.29, 1.82) is 0 Å². The number of benzene rings is 2. The second kappa shape index (κ2) is 7.45. The van der Waals surface area contributed by atoms with Gasteiger partial charge in [0.2, 0.25) is 0 Å². The summed E-state index contributed by atoms with van der Waals surface area (Å²) >= 11 is 0. The van der Waals surface area contributed by atoms with E-state index >= 15 is 0 Å². The third-order valence-corrected chi connectivity index (χ3v) is 3.12. The van der Waals surface area contributed by atoms with E-state index in [0.717, 1.165) is 11.1 Å². The summed E-state index contributed by atoms with van der Waals surface area (Å²) < 4.78 is 5.41. The van der Waals surface area contributed by atoms with Crippen LogP contribution in [-0.4, -0.2) is 12.5 Å². The number of hydroxylamine groups is 1. The number of rotatable bonds is 6. The van der Waals surface area contributed by atoms with Crippen LogP contribution in [0, 0.1) is 13.8 Å². The molecule has 4 nitrogen and oxygen atoms in total. The average molecular weight is 285 g/mol. The Morgan fingerprint density at radius 1 is 1.05 bits per heavy atom. The summed E-state index contributed by atoms with van der Waals surface area (Å²) in [5.74, 6) is 0.362. The lowest BCUT2D eigenvalue weighted by atomic mass is 10.1. The number of carbonyl (C=O) groups is 1. The van der Waals surface area contributed by atoms with Crippen molar-refractivity contribution >= 4 is 5.91 Å². The lowest BCUT2D eigenvalue weighted by Gasteiger charge is -2.09. The third-order valence-electron chi connectivity index (χ3n) is 3.12. The van der Waals surface area contributed by atoms with Crippen LogP contribution in [0.5, 0.6) is 5.75 Å². The zero-order valence-corrected chi connectivity index (χ0v) is 12.3. The molecule has 4 heteroatoms. The smallest absolute Gasteiger partial charge is 0.281 e. The maximum absolute atomic E-state index is 11.6. The second-order valence-electron chi connectivity index (χ2n) is 4.83. The summed E-state index contributed by atoms with van der Waals surface area (Å²) in [4.78, 5) is 16.7. The minimum atomic E-state index is -0.316. The van der Waals surface area contributed by atoms with Gasteiger partial charge in [0.05, 0.1) is 6.61 Å². The Hall–Kier alpha value is -2.33. The van der Waals surface area contributed by atoms with E-state index in [-0.39, 0.29) is 12.5 Å². The number of carbonyl (C=O) groups excluding carboxylic acids is 1. The van der Waals surface area contributed by atoms with Crippen molar-refractivity contribution < 1.29 is 14.4 Å². The van der Waals surface area contributed by atoms with Gasteiger partial charge in [-0.15, -0.1) is 0 Å². The van der Waals surface area contributed by atoms with Gasteiger partial charge in [0, 0.05) is 0 Å². The number of hydrogen-bond acceptors (Lipinski definition) is 3. The van der Waals surface area contributed by atoms with Crippen LogP contribution in [0.1, 0.15) is 16.7 Å². The van der Waals surface area contributed by atoms with E-state index in [1.807, 2.05) is 62.4 Å². The number of ether oxygens (including phenoxy) is 1. The normalized spacial score (nSPS) is 10.2. The lowest BCUT2D eigenvalue weighted by molar-refractivity contribution is -0.136. The summed E-state index contributed by atoms with van der Waals surface area (Å²) in [5, 5.41) is 0. The molecule has 0 aromatic heterocycles. The summed E-state index contributed by atoms with van der Waals surface area (Å²) in [7, 11) is 0. The van der Waals surface area contributed by atoms with Crippen LogP contribution in [0.2, 0.25) is 0 Å². The Morgan fingerprint density at radius 2 is 1.81 bits per heavy atom. The van der Waals surface area contributed by atoms with Gasteiger partial charge < -0.3 is 4.74 Å².